The Morgan fingerprint density at radius 3 is 2.61 bits per heavy atom. The highest BCUT2D eigenvalue weighted by Gasteiger charge is 2.35. The molecule has 1 unspecified atom stereocenters. The third-order valence-electron chi connectivity index (χ3n) is 3.33. The molecule has 3 nitrogen and oxygen atoms in total. The molecule has 0 bridgehead atoms. The summed E-state index contributed by atoms with van der Waals surface area (Å²) in [7, 11) is 0. The Kier molecular flexibility index (Phi) is 3.69. The van der Waals surface area contributed by atoms with Gasteiger partial charge in [0.25, 0.3) is 0 Å². The second kappa shape index (κ2) is 4.69. The first-order valence-electron chi connectivity index (χ1n) is 6.19. The van der Waals surface area contributed by atoms with Crippen molar-refractivity contribution in [1.82, 2.24) is 9.97 Å². The molecular formula is C13H19BrN2OS. The number of nitrogens with one attached hydrogen (secondary N) is 1. The van der Waals surface area contributed by atoms with Gasteiger partial charge in [-0.05, 0) is 35.7 Å². The van der Waals surface area contributed by atoms with Gasteiger partial charge in [0.2, 0.25) is 0 Å². The molecule has 0 aliphatic carbocycles. The monoisotopic (exact) mass is 330 g/mol. The van der Waals surface area contributed by atoms with Crippen LogP contribution in [0.3, 0.4) is 0 Å². The van der Waals surface area contributed by atoms with E-state index in [2.05, 4.69) is 53.6 Å². The smallest absolute Gasteiger partial charge is 0.144 e. The molecule has 1 N–H and O–H groups in total. The van der Waals surface area contributed by atoms with Crippen LogP contribution in [-0.2, 0) is 15.8 Å². The topological polar surface area (TPSA) is 37.9 Å². The van der Waals surface area contributed by atoms with E-state index in [1.807, 2.05) is 0 Å². The Morgan fingerprint density at radius 2 is 2.11 bits per heavy atom. The van der Waals surface area contributed by atoms with Crippen LogP contribution in [0.2, 0.25) is 0 Å². The second-order valence-corrected chi connectivity index (χ2v) is 7.19. The van der Waals surface area contributed by atoms with Crippen LogP contribution in [0.5, 0.6) is 0 Å². The van der Waals surface area contributed by atoms with E-state index in [-0.39, 0.29) is 11.0 Å². The zero-order valence-corrected chi connectivity index (χ0v) is 13.7. The molecule has 2 heterocycles. The molecule has 18 heavy (non-hydrogen) atoms. The van der Waals surface area contributed by atoms with Crippen LogP contribution in [0.25, 0.3) is 0 Å². The number of ether oxygens (including phenoxy) is 1. The van der Waals surface area contributed by atoms with Gasteiger partial charge in [-0.15, -0.1) is 0 Å². The maximum Gasteiger partial charge on any atom is 0.144 e. The maximum atomic E-state index is 5.83. The lowest BCUT2D eigenvalue weighted by atomic mass is 9.91. The molecule has 1 aliphatic heterocycles. The molecule has 0 radical (unpaired) electrons. The summed E-state index contributed by atoms with van der Waals surface area (Å²) in [6.45, 7) is 9.33. The highest BCUT2D eigenvalue weighted by atomic mass is 79.9. The van der Waals surface area contributed by atoms with Gasteiger partial charge in [0.15, 0.2) is 0 Å². The number of H-pyrrole nitrogens is 1. The minimum Gasteiger partial charge on any atom is -0.367 e. The van der Waals surface area contributed by atoms with E-state index >= 15 is 0 Å². The van der Waals surface area contributed by atoms with Crippen molar-refractivity contribution in [2.75, 3.05) is 6.61 Å². The number of aromatic nitrogens is 2. The lowest BCUT2D eigenvalue weighted by molar-refractivity contribution is 0.00888. The summed E-state index contributed by atoms with van der Waals surface area (Å²) in [6.07, 6.45) is 2.05. The summed E-state index contributed by atoms with van der Waals surface area (Å²) in [5.41, 5.74) is 0.738. The Bertz CT molecular complexity index is 513. The maximum absolute atomic E-state index is 5.83. The summed E-state index contributed by atoms with van der Waals surface area (Å²) in [5, 5.41) is 0. The fraction of sp³-hybridized carbons (Fsp3) is 0.692. The normalized spacial score (nSPS) is 24.5. The molecule has 0 aromatic carbocycles. The van der Waals surface area contributed by atoms with Crippen molar-refractivity contribution < 1.29 is 4.74 Å². The number of hydrogen-bond acceptors (Lipinski definition) is 3. The Balaban J connectivity index is 2.58. The van der Waals surface area contributed by atoms with Crippen LogP contribution >= 0.6 is 28.1 Å². The van der Waals surface area contributed by atoms with Gasteiger partial charge < -0.3 is 9.72 Å². The Labute approximate surface area is 121 Å². The van der Waals surface area contributed by atoms with Gasteiger partial charge in [-0.2, -0.15) is 0 Å². The van der Waals surface area contributed by atoms with E-state index in [1.54, 1.807) is 0 Å². The lowest BCUT2D eigenvalue weighted by Crippen LogP contribution is -2.26. The zero-order chi connectivity index (χ0) is 13.6. The van der Waals surface area contributed by atoms with Crippen LogP contribution in [0.15, 0.2) is 4.47 Å². The fourth-order valence-electron chi connectivity index (χ4n) is 2.19. The molecule has 0 spiro atoms. The first kappa shape index (κ1) is 14.2. The Morgan fingerprint density at radius 1 is 1.44 bits per heavy atom. The number of halogens is 1. The van der Waals surface area contributed by atoms with Crippen molar-refractivity contribution in [3.05, 3.63) is 20.6 Å². The molecule has 0 amide bonds. The molecule has 1 saturated heterocycles. The van der Waals surface area contributed by atoms with Gasteiger partial charge in [-0.3, -0.25) is 0 Å². The molecular weight excluding hydrogens is 312 g/mol. The standard InChI is InChI=1S/C13H19BrN2OS/c1-12(2,3)9-8(14)10(18)16-11(15-9)13(4)6-5-7-17-13/h5-7H2,1-4H3,(H,15,16,18). The third-order valence-corrected chi connectivity index (χ3v) is 4.66. The van der Waals surface area contributed by atoms with Gasteiger partial charge in [0, 0.05) is 17.7 Å². The molecule has 1 aromatic rings. The number of rotatable bonds is 1. The highest BCUT2D eigenvalue weighted by Crippen LogP contribution is 2.36. The van der Waals surface area contributed by atoms with Crippen molar-refractivity contribution in [3.63, 3.8) is 0 Å². The summed E-state index contributed by atoms with van der Waals surface area (Å²) >= 11 is 8.89. The molecule has 5 heteroatoms. The van der Waals surface area contributed by atoms with E-state index in [0.717, 1.165) is 35.4 Å². The van der Waals surface area contributed by atoms with Crippen molar-refractivity contribution >= 4 is 28.1 Å². The third kappa shape index (κ3) is 2.53. The van der Waals surface area contributed by atoms with Crippen LogP contribution < -0.4 is 0 Å². The second-order valence-electron chi connectivity index (χ2n) is 6.01. The van der Waals surface area contributed by atoms with E-state index in [4.69, 9.17) is 17.0 Å². The number of nitrogens with zero attached hydrogens (tertiary/aromatic N) is 1. The van der Waals surface area contributed by atoms with E-state index in [0.29, 0.717) is 4.64 Å². The molecule has 100 valence electrons. The predicted molar refractivity (Wildman–Crippen MR) is 78.4 cm³/mol. The van der Waals surface area contributed by atoms with Gasteiger partial charge >= 0.3 is 0 Å². The minimum absolute atomic E-state index is 0.0148. The largest absolute Gasteiger partial charge is 0.367 e. The average molecular weight is 331 g/mol. The van der Waals surface area contributed by atoms with Crippen LogP contribution in [0.4, 0.5) is 0 Å². The van der Waals surface area contributed by atoms with Crippen LogP contribution in [0, 0.1) is 4.64 Å². The SMILES string of the molecule is CC(C)(C)c1[nH]c(C2(C)CCCO2)nc(=S)c1Br. The number of aromatic amines is 1. The van der Waals surface area contributed by atoms with E-state index < -0.39 is 0 Å². The summed E-state index contributed by atoms with van der Waals surface area (Å²) in [4.78, 5) is 7.91. The molecule has 1 aromatic heterocycles. The molecule has 0 saturated carbocycles. The molecule has 1 fully saturated rings. The fourth-order valence-corrected chi connectivity index (χ4v) is 3.17. The number of hydrogen-bond donors (Lipinski definition) is 1. The molecule has 2 rings (SSSR count). The van der Waals surface area contributed by atoms with Gasteiger partial charge in [0.1, 0.15) is 16.1 Å². The average Bonchev–Trinajstić information content (AvgIpc) is 2.68. The Hall–Kier alpha value is -0.260. The first-order chi connectivity index (χ1) is 8.24. The van der Waals surface area contributed by atoms with E-state index in [9.17, 15) is 0 Å². The van der Waals surface area contributed by atoms with Crippen LogP contribution in [0.1, 0.15) is 52.1 Å². The van der Waals surface area contributed by atoms with Crippen LogP contribution in [-0.4, -0.2) is 16.6 Å². The summed E-state index contributed by atoms with van der Waals surface area (Å²) in [6, 6.07) is 0. The van der Waals surface area contributed by atoms with Crippen molar-refractivity contribution in [1.29, 1.82) is 0 Å². The zero-order valence-electron chi connectivity index (χ0n) is 11.3. The predicted octanol–water partition coefficient (Wildman–Crippen LogP) is 4.22. The summed E-state index contributed by atoms with van der Waals surface area (Å²) < 4.78 is 7.32. The van der Waals surface area contributed by atoms with Crippen molar-refractivity contribution in [3.8, 4) is 0 Å². The quantitative estimate of drug-likeness (QED) is 0.783. The highest BCUT2D eigenvalue weighted by molar-refractivity contribution is 9.10. The molecule has 1 aliphatic rings. The van der Waals surface area contributed by atoms with Gasteiger partial charge in [-0.1, -0.05) is 33.0 Å². The van der Waals surface area contributed by atoms with Gasteiger partial charge in [0.05, 0.1) is 4.47 Å². The van der Waals surface area contributed by atoms with Gasteiger partial charge in [-0.25, -0.2) is 4.98 Å². The minimum atomic E-state index is -0.325. The van der Waals surface area contributed by atoms with Crippen molar-refractivity contribution in [2.45, 2.75) is 51.6 Å². The molecule has 1 atom stereocenters. The lowest BCUT2D eigenvalue weighted by Gasteiger charge is -2.27. The first-order valence-corrected chi connectivity index (χ1v) is 7.39. The van der Waals surface area contributed by atoms with Crippen molar-refractivity contribution in [2.24, 2.45) is 0 Å². The summed E-state index contributed by atoms with van der Waals surface area (Å²) in [5.74, 6) is 0.845. The van der Waals surface area contributed by atoms with E-state index in [1.165, 1.54) is 0 Å².